The van der Waals surface area contributed by atoms with Gasteiger partial charge in [0.25, 0.3) is 0 Å². The molecule has 0 amide bonds. The summed E-state index contributed by atoms with van der Waals surface area (Å²) in [6.07, 6.45) is 10.7. The van der Waals surface area contributed by atoms with E-state index in [1.807, 2.05) is 18.3 Å². The number of benzene rings is 1. The third-order valence-corrected chi connectivity index (χ3v) is 8.56. The number of hydrogen-bond donors (Lipinski definition) is 1. The van der Waals surface area contributed by atoms with Gasteiger partial charge in [-0.3, -0.25) is 0 Å². The summed E-state index contributed by atoms with van der Waals surface area (Å²) in [7, 11) is -3.28. The van der Waals surface area contributed by atoms with Gasteiger partial charge < -0.3 is 9.64 Å². The Hall–Kier alpha value is -1.96. The Morgan fingerprint density at radius 3 is 2.45 bits per heavy atom. The first-order valence-electron chi connectivity index (χ1n) is 12.3. The van der Waals surface area contributed by atoms with Crippen molar-refractivity contribution in [3.63, 3.8) is 0 Å². The van der Waals surface area contributed by atoms with Gasteiger partial charge in [-0.1, -0.05) is 36.4 Å². The molecular formula is C26H35N3O3S. The summed E-state index contributed by atoms with van der Waals surface area (Å²) in [5, 5.41) is 0. The van der Waals surface area contributed by atoms with Gasteiger partial charge in [0.1, 0.15) is 5.82 Å². The average Bonchev–Trinajstić information content (AvgIpc) is 3.15. The van der Waals surface area contributed by atoms with Crippen molar-refractivity contribution in [3.05, 3.63) is 60.3 Å². The Balaban J connectivity index is 1.26. The van der Waals surface area contributed by atoms with Gasteiger partial charge in [0.2, 0.25) is 10.0 Å². The number of hydrogen-bond acceptors (Lipinski definition) is 5. The lowest BCUT2D eigenvalue weighted by molar-refractivity contribution is -0.00899. The van der Waals surface area contributed by atoms with E-state index in [4.69, 9.17) is 4.74 Å². The van der Waals surface area contributed by atoms with Crippen LogP contribution in [-0.4, -0.2) is 50.5 Å². The maximum absolute atomic E-state index is 12.1. The van der Waals surface area contributed by atoms with Crippen LogP contribution in [-0.2, 0) is 14.8 Å². The summed E-state index contributed by atoms with van der Waals surface area (Å²) in [5.74, 6) is 1.74. The van der Waals surface area contributed by atoms with Crippen LogP contribution in [0.25, 0.3) is 0 Å². The lowest BCUT2D eigenvalue weighted by atomic mass is 9.82. The van der Waals surface area contributed by atoms with Crippen molar-refractivity contribution in [3.8, 4) is 0 Å². The molecule has 178 valence electrons. The zero-order valence-electron chi connectivity index (χ0n) is 19.3. The Bertz CT molecular complexity index is 1010. The molecule has 1 saturated carbocycles. The van der Waals surface area contributed by atoms with E-state index in [1.54, 1.807) is 0 Å². The summed E-state index contributed by atoms with van der Waals surface area (Å²) >= 11 is 0. The fourth-order valence-corrected chi connectivity index (χ4v) is 7.16. The summed E-state index contributed by atoms with van der Waals surface area (Å²) in [4.78, 5) is 7.04. The largest absolute Gasteiger partial charge is 0.378 e. The summed E-state index contributed by atoms with van der Waals surface area (Å²) in [6, 6.07) is 17.3. The molecule has 2 bridgehead atoms. The third kappa shape index (κ3) is 5.26. The van der Waals surface area contributed by atoms with Crippen LogP contribution in [0.5, 0.6) is 0 Å². The van der Waals surface area contributed by atoms with Gasteiger partial charge in [-0.15, -0.1) is 0 Å². The van der Waals surface area contributed by atoms with Crippen molar-refractivity contribution in [2.45, 2.75) is 75.1 Å². The Kier molecular flexibility index (Phi) is 6.72. The highest BCUT2D eigenvalue weighted by atomic mass is 32.2. The molecule has 1 aromatic carbocycles. The summed E-state index contributed by atoms with van der Waals surface area (Å²) < 4.78 is 33.7. The van der Waals surface area contributed by atoms with Crippen LogP contribution in [0, 0.1) is 5.92 Å². The monoisotopic (exact) mass is 469 g/mol. The molecule has 0 spiro atoms. The molecule has 33 heavy (non-hydrogen) atoms. The minimum absolute atomic E-state index is 0.0851. The van der Waals surface area contributed by atoms with Crippen LogP contribution in [0.2, 0.25) is 0 Å². The fourth-order valence-electron chi connectivity index (χ4n) is 6.34. The molecule has 3 aliphatic rings. The molecule has 3 heterocycles. The molecule has 4 atom stereocenters. The Morgan fingerprint density at radius 1 is 1.00 bits per heavy atom. The highest BCUT2D eigenvalue weighted by molar-refractivity contribution is 7.88. The molecule has 1 aliphatic carbocycles. The lowest BCUT2D eigenvalue weighted by Gasteiger charge is -2.45. The SMILES string of the molecule is CS(=O)(=O)NC1CC2CCC([C@H]1COC1CCC(c3ccccc3)CC1)N2c1ccccn1. The molecule has 1 N–H and O–H groups in total. The number of nitrogens with one attached hydrogen (secondary N) is 1. The van der Waals surface area contributed by atoms with Crippen LogP contribution in [0.1, 0.15) is 56.4 Å². The van der Waals surface area contributed by atoms with E-state index in [-0.39, 0.29) is 24.1 Å². The number of rotatable bonds is 7. The zero-order chi connectivity index (χ0) is 22.8. The number of fused-ring (bicyclic) bond motifs is 2. The molecule has 6 nitrogen and oxygen atoms in total. The summed E-state index contributed by atoms with van der Waals surface area (Å²) in [6.45, 7) is 0.592. The van der Waals surface area contributed by atoms with E-state index in [0.717, 1.165) is 50.8 Å². The Morgan fingerprint density at radius 2 is 1.76 bits per heavy atom. The summed E-state index contributed by atoms with van der Waals surface area (Å²) in [5.41, 5.74) is 1.43. The first kappa shape index (κ1) is 22.8. The molecule has 3 unspecified atom stereocenters. The maximum Gasteiger partial charge on any atom is 0.208 e. The van der Waals surface area contributed by atoms with Gasteiger partial charge in [-0.25, -0.2) is 18.1 Å². The zero-order valence-corrected chi connectivity index (χ0v) is 20.2. The van der Waals surface area contributed by atoms with Gasteiger partial charge in [0, 0.05) is 30.2 Å². The predicted molar refractivity (Wildman–Crippen MR) is 131 cm³/mol. The van der Waals surface area contributed by atoms with E-state index >= 15 is 0 Å². The van der Waals surface area contributed by atoms with Crippen LogP contribution in [0.4, 0.5) is 5.82 Å². The van der Waals surface area contributed by atoms with Crippen LogP contribution in [0.3, 0.4) is 0 Å². The first-order valence-corrected chi connectivity index (χ1v) is 14.2. The van der Waals surface area contributed by atoms with Gasteiger partial charge >= 0.3 is 0 Å². The van der Waals surface area contributed by atoms with E-state index < -0.39 is 10.0 Å². The van der Waals surface area contributed by atoms with Crippen LogP contribution >= 0.6 is 0 Å². The number of pyridine rings is 1. The van der Waals surface area contributed by atoms with Crippen molar-refractivity contribution in [2.24, 2.45) is 5.92 Å². The second-order valence-corrected chi connectivity index (χ2v) is 11.8. The second kappa shape index (κ2) is 9.72. The maximum atomic E-state index is 12.1. The number of nitrogens with zero attached hydrogens (tertiary/aromatic N) is 2. The minimum atomic E-state index is -3.28. The molecule has 0 radical (unpaired) electrons. The lowest BCUT2D eigenvalue weighted by Crippen LogP contribution is -2.58. The van der Waals surface area contributed by atoms with Gasteiger partial charge in [0.05, 0.1) is 19.0 Å². The second-order valence-electron chi connectivity index (χ2n) is 10.0. The first-order chi connectivity index (χ1) is 16.0. The number of piperidine rings is 1. The highest BCUT2D eigenvalue weighted by Gasteiger charge is 2.48. The van der Waals surface area contributed by atoms with Crippen molar-refractivity contribution in [2.75, 3.05) is 17.8 Å². The quantitative estimate of drug-likeness (QED) is 0.661. The molecule has 7 heteroatoms. The van der Waals surface area contributed by atoms with Crippen molar-refractivity contribution in [1.82, 2.24) is 9.71 Å². The fraction of sp³-hybridized carbons (Fsp3) is 0.577. The average molecular weight is 470 g/mol. The molecule has 5 rings (SSSR count). The van der Waals surface area contributed by atoms with Crippen LogP contribution in [0.15, 0.2) is 54.7 Å². The van der Waals surface area contributed by atoms with Crippen molar-refractivity contribution >= 4 is 15.8 Å². The smallest absolute Gasteiger partial charge is 0.208 e. The highest BCUT2D eigenvalue weighted by Crippen LogP contribution is 2.42. The van der Waals surface area contributed by atoms with Crippen LogP contribution < -0.4 is 9.62 Å². The normalized spacial score (nSPS) is 32.1. The van der Waals surface area contributed by atoms with Gasteiger partial charge in [-0.2, -0.15) is 0 Å². The number of ether oxygens (including phenoxy) is 1. The third-order valence-electron chi connectivity index (χ3n) is 7.83. The molecule has 2 saturated heterocycles. The minimum Gasteiger partial charge on any atom is -0.378 e. The Labute approximate surface area is 197 Å². The number of anilines is 1. The standard InChI is InChI=1S/C26H35N3O3S/c1-33(30,31)28-24-17-21-12-15-25(29(21)26-9-5-6-16-27-26)23(24)18-32-22-13-10-20(11-14-22)19-7-3-2-4-8-19/h2-9,16,20-25,28H,10-15,17-18H2,1H3/t20?,21?,22?,23-,24?,25?/m0/s1. The molecule has 2 aromatic rings. The van der Waals surface area contributed by atoms with Gasteiger partial charge in [0.15, 0.2) is 0 Å². The molecule has 2 aliphatic heterocycles. The molecule has 1 aromatic heterocycles. The van der Waals surface area contributed by atoms with E-state index in [1.165, 1.54) is 11.8 Å². The van der Waals surface area contributed by atoms with E-state index in [9.17, 15) is 8.42 Å². The van der Waals surface area contributed by atoms with E-state index in [0.29, 0.717) is 18.6 Å². The van der Waals surface area contributed by atoms with E-state index in [2.05, 4.69) is 51.0 Å². The van der Waals surface area contributed by atoms with Crippen molar-refractivity contribution < 1.29 is 13.2 Å². The van der Waals surface area contributed by atoms with Gasteiger partial charge in [-0.05, 0) is 68.6 Å². The predicted octanol–water partition coefficient (Wildman–Crippen LogP) is 4.10. The van der Waals surface area contributed by atoms with Crippen molar-refractivity contribution in [1.29, 1.82) is 0 Å². The number of aromatic nitrogens is 1. The molecular weight excluding hydrogens is 434 g/mol. The molecule has 3 fully saturated rings. The topological polar surface area (TPSA) is 71.5 Å². The number of sulfonamides is 1.